The molecule has 0 bridgehead atoms. The van der Waals surface area contributed by atoms with Crippen molar-refractivity contribution in [2.24, 2.45) is 5.73 Å². The smallest absolute Gasteiger partial charge is 0.223 e. The molecule has 104 valence electrons. The molecule has 0 unspecified atom stereocenters. The third-order valence-corrected chi connectivity index (χ3v) is 3.11. The van der Waals surface area contributed by atoms with Gasteiger partial charge < -0.3 is 10.6 Å². The summed E-state index contributed by atoms with van der Waals surface area (Å²) in [6.45, 7) is 6.37. The van der Waals surface area contributed by atoms with E-state index in [0.29, 0.717) is 18.0 Å². The fourth-order valence-electron chi connectivity index (χ4n) is 1.99. The zero-order chi connectivity index (χ0) is 14.4. The number of aryl methyl sites for hydroxylation is 2. The van der Waals surface area contributed by atoms with Gasteiger partial charge in [-0.25, -0.2) is 0 Å². The second-order valence-electron chi connectivity index (χ2n) is 5.07. The van der Waals surface area contributed by atoms with Gasteiger partial charge >= 0.3 is 0 Å². The lowest BCUT2D eigenvalue weighted by Crippen LogP contribution is -2.42. The molecular formula is C15H22N2OS. The number of nitrogens with zero attached hydrogens (tertiary/aromatic N) is 1. The molecule has 0 fully saturated rings. The lowest BCUT2D eigenvalue weighted by Gasteiger charge is -2.26. The van der Waals surface area contributed by atoms with E-state index in [1.807, 2.05) is 26.0 Å². The zero-order valence-corrected chi connectivity index (χ0v) is 12.7. The van der Waals surface area contributed by atoms with Crippen LogP contribution in [-0.4, -0.2) is 28.4 Å². The Morgan fingerprint density at radius 3 is 2.63 bits per heavy atom. The van der Waals surface area contributed by atoms with E-state index >= 15 is 0 Å². The van der Waals surface area contributed by atoms with Crippen molar-refractivity contribution in [3.05, 3.63) is 35.4 Å². The third kappa shape index (κ3) is 5.39. The normalized spacial score (nSPS) is 10.5. The van der Waals surface area contributed by atoms with Crippen LogP contribution in [-0.2, 0) is 11.2 Å². The van der Waals surface area contributed by atoms with Crippen LogP contribution >= 0.6 is 12.2 Å². The largest absolute Gasteiger partial charge is 0.392 e. The minimum atomic E-state index is 0.101. The molecule has 4 heteroatoms. The van der Waals surface area contributed by atoms with Gasteiger partial charge in [-0.3, -0.25) is 4.79 Å². The maximum absolute atomic E-state index is 12.2. The van der Waals surface area contributed by atoms with E-state index in [1.54, 1.807) is 4.90 Å². The minimum Gasteiger partial charge on any atom is -0.392 e. The Bertz CT molecular complexity index is 457. The van der Waals surface area contributed by atoms with Crippen molar-refractivity contribution in [2.75, 3.05) is 6.54 Å². The van der Waals surface area contributed by atoms with Crippen molar-refractivity contribution in [2.45, 2.75) is 39.7 Å². The highest BCUT2D eigenvalue weighted by Gasteiger charge is 2.17. The topological polar surface area (TPSA) is 46.3 Å². The van der Waals surface area contributed by atoms with Crippen molar-refractivity contribution in [1.82, 2.24) is 4.90 Å². The van der Waals surface area contributed by atoms with E-state index in [2.05, 4.69) is 19.1 Å². The van der Waals surface area contributed by atoms with E-state index in [-0.39, 0.29) is 11.9 Å². The summed E-state index contributed by atoms with van der Waals surface area (Å²) < 4.78 is 0. The van der Waals surface area contributed by atoms with Gasteiger partial charge in [-0.1, -0.05) is 42.0 Å². The number of carbonyl (C=O) groups is 1. The van der Waals surface area contributed by atoms with Crippen LogP contribution in [0.1, 0.15) is 31.4 Å². The highest BCUT2D eigenvalue weighted by atomic mass is 32.1. The van der Waals surface area contributed by atoms with Gasteiger partial charge in [0.15, 0.2) is 0 Å². The molecule has 0 aliphatic heterocycles. The summed E-state index contributed by atoms with van der Waals surface area (Å²) >= 11 is 4.89. The predicted molar refractivity (Wildman–Crippen MR) is 83.1 cm³/mol. The molecule has 1 amide bonds. The average molecular weight is 278 g/mol. The number of thiocarbonyl (C=S) groups is 1. The fraction of sp³-hybridized carbons (Fsp3) is 0.467. The number of nitrogens with two attached hydrogens (primary N) is 1. The molecule has 0 saturated heterocycles. The molecule has 0 radical (unpaired) electrons. The van der Waals surface area contributed by atoms with Gasteiger partial charge in [0.05, 0.1) is 11.5 Å². The molecule has 3 nitrogen and oxygen atoms in total. The first-order valence-corrected chi connectivity index (χ1v) is 6.94. The molecule has 0 spiro atoms. The van der Waals surface area contributed by atoms with Crippen LogP contribution in [0.15, 0.2) is 24.3 Å². The first kappa shape index (κ1) is 15.6. The summed E-state index contributed by atoms with van der Waals surface area (Å²) in [4.78, 5) is 14.3. The van der Waals surface area contributed by atoms with E-state index in [1.165, 1.54) is 11.1 Å². The quantitative estimate of drug-likeness (QED) is 0.813. The van der Waals surface area contributed by atoms with E-state index in [9.17, 15) is 4.79 Å². The SMILES string of the molecule is Cc1cccc(CCC(=O)N(CC(N)=S)C(C)C)c1. The minimum absolute atomic E-state index is 0.101. The number of benzene rings is 1. The lowest BCUT2D eigenvalue weighted by molar-refractivity contribution is -0.131. The van der Waals surface area contributed by atoms with Crippen LogP contribution in [0.5, 0.6) is 0 Å². The van der Waals surface area contributed by atoms with Gasteiger partial charge in [-0.15, -0.1) is 0 Å². The van der Waals surface area contributed by atoms with Crippen molar-refractivity contribution < 1.29 is 4.79 Å². The van der Waals surface area contributed by atoms with E-state index in [0.717, 1.165) is 6.42 Å². The first-order chi connectivity index (χ1) is 8.90. The molecule has 0 saturated carbocycles. The van der Waals surface area contributed by atoms with Crippen molar-refractivity contribution in [3.63, 3.8) is 0 Å². The van der Waals surface area contributed by atoms with Gasteiger partial charge in [-0.05, 0) is 32.8 Å². The van der Waals surface area contributed by atoms with Gasteiger partial charge in [-0.2, -0.15) is 0 Å². The van der Waals surface area contributed by atoms with Gasteiger partial charge in [0.25, 0.3) is 0 Å². The molecule has 0 heterocycles. The monoisotopic (exact) mass is 278 g/mol. The molecule has 0 aromatic heterocycles. The fourth-order valence-corrected chi connectivity index (χ4v) is 2.13. The Kier molecular flexibility index (Phi) is 5.96. The van der Waals surface area contributed by atoms with Crippen LogP contribution in [0, 0.1) is 6.92 Å². The maximum Gasteiger partial charge on any atom is 0.223 e. The summed E-state index contributed by atoms with van der Waals surface area (Å²) in [5.41, 5.74) is 7.94. The Morgan fingerprint density at radius 2 is 2.11 bits per heavy atom. The van der Waals surface area contributed by atoms with Crippen molar-refractivity contribution >= 4 is 23.1 Å². The average Bonchev–Trinajstić information content (AvgIpc) is 2.32. The standard InChI is InChI=1S/C15H22N2OS/c1-11(2)17(10-14(16)19)15(18)8-7-13-6-4-5-12(3)9-13/h4-6,9,11H,7-8,10H2,1-3H3,(H2,16,19). The molecule has 1 rings (SSSR count). The van der Waals surface area contributed by atoms with Crippen molar-refractivity contribution in [1.29, 1.82) is 0 Å². The van der Waals surface area contributed by atoms with Crippen LogP contribution in [0.4, 0.5) is 0 Å². The Hall–Kier alpha value is -1.42. The molecular weight excluding hydrogens is 256 g/mol. The summed E-state index contributed by atoms with van der Waals surface area (Å²) in [5, 5.41) is 0. The highest BCUT2D eigenvalue weighted by molar-refractivity contribution is 7.80. The van der Waals surface area contributed by atoms with E-state index < -0.39 is 0 Å². The summed E-state index contributed by atoms with van der Waals surface area (Å²) in [6.07, 6.45) is 1.24. The Balaban J connectivity index is 2.59. The molecule has 1 aromatic carbocycles. The second-order valence-corrected chi connectivity index (χ2v) is 5.60. The van der Waals surface area contributed by atoms with Crippen LogP contribution in [0.3, 0.4) is 0 Å². The molecule has 1 aromatic rings. The van der Waals surface area contributed by atoms with Crippen LogP contribution in [0.25, 0.3) is 0 Å². The van der Waals surface area contributed by atoms with Gasteiger partial charge in [0, 0.05) is 12.5 Å². The third-order valence-electron chi connectivity index (χ3n) is 2.98. The zero-order valence-electron chi connectivity index (χ0n) is 11.8. The molecule has 2 N–H and O–H groups in total. The number of hydrogen-bond donors (Lipinski definition) is 1. The van der Waals surface area contributed by atoms with Crippen LogP contribution in [0.2, 0.25) is 0 Å². The Labute approximate surface area is 120 Å². The van der Waals surface area contributed by atoms with Crippen LogP contribution < -0.4 is 5.73 Å². The number of carbonyl (C=O) groups excluding carboxylic acids is 1. The molecule has 0 aliphatic rings. The second kappa shape index (κ2) is 7.24. The highest BCUT2D eigenvalue weighted by Crippen LogP contribution is 2.09. The van der Waals surface area contributed by atoms with Crippen molar-refractivity contribution in [3.8, 4) is 0 Å². The summed E-state index contributed by atoms with van der Waals surface area (Å²) in [7, 11) is 0. The molecule has 0 atom stereocenters. The predicted octanol–water partition coefficient (Wildman–Crippen LogP) is 2.45. The lowest BCUT2D eigenvalue weighted by atomic mass is 10.1. The summed E-state index contributed by atoms with van der Waals surface area (Å²) in [6, 6.07) is 8.35. The number of hydrogen-bond acceptors (Lipinski definition) is 2. The van der Waals surface area contributed by atoms with Gasteiger partial charge in [0.1, 0.15) is 0 Å². The maximum atomic E-state index is 12.2. The number of amides is 1. The molecule has 0 aliphatic carbocycles. The number of rotatable bonds is 6. The van der Waals surface area contributed by atoms with Gasteiger partial charge in [0.2, 0.25) is 5.91 Å². The first-order valence-electron chi connectivity index (χ1n) is 6.53. The summed E-state index contributed by atoms with van der Waals surface area (Å²) in [5.74, 6) is 0.101. The van der Waals surface area contributed by atoms with E-state index in [4.69, 9.17) is 18.0 Å². The Morgan fingerprint density at radius 1 is 1.42 bits per heavy atom. The molecule has 19 heavy (non-hydrogen) atoms.